The summed E-state index contributed by atoms with van der Waals surface area (Å²) in [5.74, 6) is 1.24. The third-order valence-electron chi connectivity index (χ3n) is 4.72. The van der Waals surface area contributed by atoms with E-state index in [1.165, 1.54) is 28.9 Å². The van der Waals surface area contributed by atoms with Crippen molar-refractivity contribution in [3.8, 4) is 0 Å². The average Bonchev–Trinajstić information content (AvgIpc) is 2.56. The van der Waals surface area contributed by atoms with Crippen LogP contribution in [-0.4, -0.2) is 30.7 Å². The third-order valence-corrected chi connectivity index (χ3v) is 4.72. The van der Waals surface area contributed by atoms with Gasteiger partial charge < -0.3 is 10.2 Å². The van der Waals surface area contributed by atoms with Gasteiger partial charge in [0.25, 0.3) is 0 Å². The summed E-state index contributed by atoms with van der Waals surface area (Å²) in [6.07, 6.45) is 5.41. The fourth-order valence-electron chi connectivity index (χ4n) is 3.63. The number of hydrogen-bond acceptors (Lipinski definition) is 3. The summed E-state index contributed by atoms with van der Waals surface area (Å²) >= 11 is 0. The molecule has 1 unspecified atom stereocenters. The van der Waals surface area contributed by atoms with Gasteiger partial charge in [-0.25, -0.2) is 4.98 Å². The second-order valence-corrected chi connectivity index (χ2v) is 6.02. The van der Waals surface area contributed by atoms with Crippen LogP contribution in [0.5, 0.6) is 0 Å². The zero-order valence-electron chi connectivity index (χ0n) is 12.3. The highest BCUT2D eigenvalue weighted by molar-refractivity contribution is 5.55. The Kier molecular flexibility index (Phi) is 3.36. The maximum Gasteiger partial charge on any atom is 0.132 e. The molecule has 4 rings (SSSR count). The molecular formula is C18H21N3. The number of rotatable bonds is 2. The van der Waals surface area contributed by atoms with E-state index in [9.17, 15) is 0 Å². The van der Waals surface area contributed by atoms with Crippen LogP contribution in [0.1, 0.15) is 23.1 Å². The van der Waals surface area contributed by atoms with Crippen molar-refractivity contribution in [3.63, 3.8) is 0 Å². The highest BCUT2D eigenvalue weighted by Crippen LogP contribution is 2.32. The number of hydrogen-bond donors (Lipinski definition) is 1. The van der Waals surface area contributed by atoms with E-state index in [2.05, 4.69) is 46.6 Å². The van der Waals surface area contributed by atoms with Crippen molar-refractivity contribution >= 4 is 5.82 Å². The Balaban J connectivity index is 1.68. The van der Waals surface area contributed by atoms with Crippen LogP contribution in [0.4, 0.5) is 5.82 Å². The molecule has 1 aromatic carbocycles. The lowest BCUT2D eigenvalue weighted by atomic mass is 9.91. The third kappa shape index (κ3) is 2.42. The SMILES string of the molecule is c1ccc(Cc2ccnc3c2CCC2CNCCN32)cc1. The molecule has 108 valence electrons. The number of piperazine rings is 1. The number of aromatic nitrogens is 1. The van der Waals surface area contributed by atoms with Crippen molar-refractivity contribution in [2.75, 3.05) is 24.5 Å². The molecule has 2 aliphatic heterocycles. The molecule has 21 heavy (non-hydrogen) atoms. The summed E-state index contributed by atoms with van der Waals surface area (Å²) in [6.45, 7) is 3.25. The molecule has 1 fully saturated rings. The van der Waals surface area contributed by atoms with E-state index in [1.807, 2.05) is 6.20 Å². The molecule has 3 heteroatoms. The molecule has 0 bridgehead atoms. The van der Waals surface area contributed by atoms with Crippen molar-refractivity contribution in [2.45, 2.75) is 25.3 Å². The first-order valence-electron chi connectivity index (χ1n) is 7.90. The van der Waals surface area contributed by atoms with Gasteiger partial charge in [0.15, 0.2) is 0 Å². The molecule has 1 aromatic heterocycles. The molecule has 0 amide bonds. The van der Waals surface area contributed by atoms with Gasteiger partial charge in [-0.2, -0.15) is 0 Å². The van der Waals surface area contributed by atoms with E-state index in [0.29, 0.717) is 6.04 Å². The molecule has 2 aliphatic rings. The van der Waals surface area contributed by atoms with Crippen LogP contribution in [0.2, 0.25) is 0 Å². The first-order chi connectivity index (χ1) is 10.4. The predicted octanol–water partition coefficient (Wildman–Crippen LogP) is 2.40. The first kappa shape index (κ1) is 12.8. The van der Waals surface area contributed by atoms with Crippen molar-refractivity contribution in [3.05, 3.63) is 59.3 Å². The number of nitrogens with one attached hydrogen (secondary N) is 1. The normalized spacial score (nSPS) is 20.8. The summed E-state index contributed by atoms with van der Waals surface area (Å²) in [6, 6.07) is 13.6. The van der Waals surface area contributed by atoms with Gasteiger partial charge in [0.05, 0.1) is 0 Å². The molecule has 3 heterocycles. The Labute approximate surface area is 126 Å². The molecule has 1 N–H and O–H groups in total. The molecular weight excluding hydrogens is 258 g/mol. The lowest BCUT2D eigenvalue weighted by molar-refractivity contribution is 0.435. The Morgan fingerprint density at radius 2 is 2.10 bits per heavy atom. The minimum Gasteiger partial charge on any atom is -0.351 e. The second kappa shape index (κ2) is 5.49. The van der Waals surface area contributed by atoms with Crippen molar-refractivity contribution < 1.29 is 0 Å². The zero-order valence-corrected chi connectivity index (χ0v) is 12.3. The summed E-state index contributed by atoms with van der Waals surface area (Å²) in [7, 11) is 0. The minimum atomic E-state index is 0.630. The molecule has 0 saturated carbocycles. The maximum atomic E-state index is 4.70. The van der Waals surface area contributed by atoms with E-state index in [4.69, 9.17) is 4.98 Å². The van der Waals surface area contributed by atoms with Crippen LogP contribution in [-0.2, 0) is 12.8 Å². The number of benzene rings is 1. The van der Waals surface area contributed by atoms with Crippen LogP contribution >= 0.6 is 0 Å². The smallest absolute Gasteiger partial charge is 0.132 e. The number of fused-ring (bicyclic) bond motifs is 3. The molecule has 1 saturated heterocycles. The van der Waals surface area contributed by atoms with Crippen molar-refractivity contribution in [1.29, 1.82) is 0 Å². The Bertz CT molecular complexity index is 624. The van der Waals surface area contributed by atoms with Crippen molar-refractivity contribution in [2.24, 2.45) is 0 Å². The van der Waals surface area contributed by atoms with Gasteiger partial charge in [0, 0.05) is 31.9 Å². The molecule has 2 aromatic rings. The van der Waals surface area contributed by atoms with Gasteiger partial charge in [0.1, 0.15) is 5.82 Å². The molecule has 1 atom stereocenters. The average molecular weight is 279 g/mol. The fraction of sp³-hybridized carbons (Fsp3) is 0.389. The standard InChI is InChI=1S/C18H21N3/c1-2-4-14(5-3-1)12-15-8-9-20-18-17(15)7-6-16-13-19-10-11-21(16)18/h1-5,8-9,16,19H,6-7,10-13H2. The molecule has 0 radical (unpaired) electrons. The topological polar surface area (TPSA) is 28.2 Å². The van der Waals surface area contributed by atoms with Gasteiger partial charge in [-0.05, 0) is 42.0 Å². The predicted molar refractivity (Wildman–Crippen MR) is 85.8 cm³/mol. The Morgan fingerprint density at radius 3 is 3.00 bits per heavy atom. The van der Waals surface area contributed by atoms with E-state index >= 15 is 0 Å². The van der Waals surface area contributed by atoms with Crippen LogP contribution in [0.25, 0.3) is 0 Å². The largest absolute Gasteiger partial charge is 0.351 e. The van der Waals surface area contributed by atoms with Gasteiger partial charge in [-0.3, -0.25) is 0 Å². The zero-order chi connectivity index (χ0) is 14.1. The number of anilines is 1. The van der Waals surface area contributed by atoms with Gasteiger partial charge >= 0.3 is 0 Å². The maximum absolute atomic E-state index is 4.70. The Morgan fingerprint density at radius 1 is 1.19 bits per heavy atom. The lowest BCUT2D eigenvalue weighted by Gasteiger charge is -2.42. The molecule has 0 spiro atoms. The quantitative estimate of drug-likeness (QED) is 0.915. The van der Waals surface area contributed by atoms with Gasteiger partial charge in [0.2, 0.25) is 0 Å². The van der Waals surface area contributed by atoms with Gasteiger partial charge in [-0.15, -0.1) is 0 Å². The van der Waals surface area contributed by atoms with Crippen LogP contribution in [0.15, 0.2) is 42.6 Å². The summed E-state index contributed by atoms with van der Waals surface area (Å²) in [5, 5.41) is 3.50. The van der Waals surface area contributed by atoms with E-state index in [-0.39, 0.29) is 0 Å². The van der Waals surface area contributed by atoms with E-state index < -0.39 is 0 Å². The second-order valence-electron chi connectivity index (χ2n) is 6.02. The van der Waals surface area contributed by atoms with Crippen LogP contribution in [0.3, 0.4) is 0 Å². The summed E-state index contributed by atoms with van der Waals surface area (Å²) in [4.78, 5) is 7.22. The fourth-order valence-corrected chi connectivity index (χ4v) is 3.63. The highest BCUT2D eigenvalue weighted by atomic mass is 15.3. The monoisotopic (exact) mass is 279 g/mol. The lowest BCUT2D eigenvalue weighted by Crippen LogP contribution is -2.53. The number of pyridine rings is 1. The minimum absolute atomic E-state index is 0.630. The molecule has 3 nitrogen and oxygen atoms in total. The van der Waals surface area contributed by atoms with E-state index in [0.717, 1.165) is 32.5 Å². The van der Waals surface area contributed by atoms with Crippen LogP contribution < -0.4 is 10.2 Å². The van der Waals surface area contributed by atoms with E-state index in [1.54, 1.807) is 0 Å². The Hall–Kier alpha value is -1.87. The van der Waals surface area contributed by atoms with Crippen molar-refractivity contribution in [1.82, 2.24) is 10.3 Å². The summed E-state index contributed by atoms with van der Waals surface area (Å²) in [5.41, 5.74) is 4.30. The molecule has 0 aliphatic carbocycles. The van der Waals surface area contributed by atoms with Crippen LogP contribution in [0, 0.1) is 0 Å². The van der Waals surface area contributed by atoms with Gasteiger partial charge in [-0.1, -0.05) is 30.3 Å². The number of nitrogens with zero attached hydrogens (tertiary/aromatic N) is 2. The first-order valence-corrected chi connectivity index (χ1v) is 7.90. The highest BCUT2D eigenvalue weighted by Gasteiger charge is 2.30. The summed E-state index contributed by atoms with van der Waals surface area (Å²) < 4.78 is 0.